The molecule has 0 atom stereocenters. The second kappa shape index (κ2) is 10.5. The van der Waals surface area contributed by atoms with E-state index in [4.69, 9.17) is 4.74 Å². The van der Waals surface area contributed by atoms with Gasteiger partial charge in [0.2, 0.25) is 5.91 Å². The lowest BCUT2D eigenvalue weighted by atomic mass is 10.2. The number of nitrogens with one attached hydrogen (secondary N) is 2. The number of amides is 2. The molecular formula is C22H27N5O5S. The average molecular weight is 474 g/mol. The van der Waals surface area contributed by atoms with Gasteiger partial charge >= 0.3 is 5.69 Å². The number of carbonyl (C=O) groups is 2. The highest BCUT2D eigenvalue weighted by atomic mass is 32.1. The molecule has 33 heavy (non-hydrogen) atoms. The molecule has 1 aromatic carbocycles. The SMILES string of the molecule is COc1cccc(CNC(=O)c2cc3c(=O)n(CCNC(=O)CN(C)C)c(=O)n(C)c3s2)c1. The van der Waals surface area contributed by atoms with Crippen LogP contribution in [0.1, 0.15) is 15.2 Å². The van der Waals surface area contributed by atoms with E-state index in [1.54, 1.807) is 33.2 Å². The predicted octanol–water partition coefficient (Wildman–Crippen LogP) is 0.378. The molecule has 10 nitrogen and oxygen atoms in total. The minimum Gasteiger partial charge on any atom is -0.497 e. The number of likely N-dealkylation sites (N-methyl/N-ethyl adjacent to an activating group) is 1. The van der Waals surface area contributed by atoms with Gasteiger partial charge in [0.25, 0.3) is 11.5 Å². The van der Waals surface area contributed by atoms with Gasteiger partial charge < -0.3 is 20.3 Å². The molecule has 3 aromatic rings. The molecule has 2 N–H and O–H groups in total. The molecule has 0 spiro atoms. The summed E-state index contributed by atoms with van der Waals surface area (Å²) in [6, 6.07) is 8.85. The van der Waals surface area contributed by atoms with Gasteiger partial charge in [-0.3, -0.25) is 23.5 Å². The molecule has 0 unspecified atom stereocenters. The summed E-state index contributed by atoms with van der Waals surface area (Å²) >= 11 is 1.09. The molecular weight excluding hydrogens is 446 g/mol. The summed E-state index contributed by atoms with van der Waals surface area (Å²) in [6.07, 6.45) is 0. The third-order valence-corrected chi connectivity index (χ3v) is 6.15. The average Bonchev–Trinajstić information content (AvgIpc) is 3.24. The molecule has 0 aliphatic heterocycles. The van der Waals surface area contributed by atoms with Gasteiger partial charge in [0.05, 0.1) is 23.9 Å². The van der Waals surface area contributed by atoms with Crippen LogP contribution in [0.15, 0.2) is 39.9 Å². The lowest BCUT2D eigenvalue weighted by Crippen LogP contribution is -2.42. The quantitative estimate of drug-likeness (QED) is 0.464. The summed E-state index contributed by atoms with van der Waals surface area (Å²) in [5, 5.41) is 5.80. The largest absolute Gasteiger partial charge is 0.497 e. The van der Waals surface area contributed by atoms with Gasteiger partial charge in [0, 0.05) is 26.7 Å². The Kier molecular flexibility index (Phi) is 7.67. The number of aryl methyl sites for hydroxylation is 1. The van der Waals surface area contributed by atoms with E-state index < -0.39 is 11.2 Å². The van der Waals surface area contributed by atoms with Crippen LogP contribution in [0.25, 0.3) is 10.2 Å². The number of aromatic nitrogens is 2. The number of ether oxygens (including phenoxy) is 1. The highest BCUT2D eigenvalue weighted by Gasteiger charge is 2.18. The smallest absolute Gasteiger partial charge is 0.331 e. The molecule has 2 amide bonds. The Labute approximate surface area is 194 Å². The van der Waals surface area contributed by atoms with Crippen molar-refractivity contribution in [2.24, 2.45) is 7.05 Å². The Morgan fingerprint density at radius 1 is 1.15 bits per heavy atom. The lowest BCUT2D eigenvalue weighted by Gasteiger charge is -2.11. The van der Waals surface area contributed by atoms with E-state index in [1.807, 2.05) is 24.3 Å². The van der Waals surface area contributed by atoms with E-state index in [9.17, 15) is 19.2 Å². The molecule has 176 valence electrons. The Balaban J connectivity index is 1.77. The lowest BCUT2D eigenvalue weighted by molar-refractivity contribution is -0.121. The maximum absolute atomic E-state index is 12.9. The predicted molar refractivity (Wildman–Crippen MR) is 127 cm³/mol. The fourth-order valence-electron chi connectivity index (χ4n) is 3.30. The second-order valence-corrected chi connectivity index (χ2v) is 8.78. The fourth-order valence-corrected chi connectivity index (χ4v) is 4.32. The Hall–Kier alpha value is -3.44. The van der Waals surface area contributed by atoms with Crippen molar-refractivity contribution in [1.29, 1.82) is 0 Å². The fraction of sp³-hybridized carbons (Fsp3) is 0.364. The third-order valence-electron chi connectivity index (χ3n) is 4.94. The zero-order valence-corrected chi connectivity index (χ0v) is 19.8. The molecule has 0 saturated heterocycles. The topological polar surface area (TPSA) is 115 Å². The van der Waals surface area contributed by atoms with Gasteiger partial charge in [-0.2, -0.15) is 0 Å². The first-order valence-electron chi connectivity index (χ1n) is 10.3. The van der Waals surface area contributed by atoms with Crippen molar-refractivity contribution in [1.82, 2.24) is 24.7 Å². The van der Waals surface area contributed by atoms with Crippen molar-refractivity contribution >= 4 is 33.4 Å². The highest BCUT2D eigenvalue weighted by molar-refractivity contribution is 7.20. The summed E-state index contributed by atoms with van der Waals surface area (Å²) in [5.74, 6) is 0.155. The summed E-state index contributed by atoms with van der Waals surface area (Å²) in [6.45, 7) is 0.684. The first kappa shape index (κ1) is 24.2. The molecule has 3 rings (SSSR count). The number of methoxy groups -OCH3 is 1. The van der Waals surface area contributed by atoms with Gasteiger partial charge in [-0.25, -0.2) is 4.79 Å². The van der Waals surface area contributed by atoms with Crippen molar-refractivity contribution in [3.8, 4) is 5.75 Å². The van der Waals surface area contributed by atoms with Gasteiger partial charge in [-0.05, 0) is 37.9 Å². The van der Waals surface area contributed by atoms with E-state index in [2.05, 4.69) is 10.6 Å². The monoisotopic (exact) mass is 473 g/mol. The number of hydrogen-bond donors (Lipinski definition) is 2. The Morgan fingerprint density at radius 3 is 2.61 bits per heavy atom. The maximum Gasteiger partial charge on any atom is 0.331 e. The standard InChI is InChI=1S/C22H27N5O5S/c1-25(2)13-18(28)23-8-9-27-20(30)16-11-17(33-21(16)26(3)22(27)31)19(29)24-12-14-6-5-7-15(10-14)32-4/h5-7,10-11H,8-9,12-13H2,1-4H3,(H,23,28)(H,24,29). The van der Waals surface area contributed by atoms with Crippen LogP contribution in [0.2, 0.25) is 0 Å². The number of carbonyl (C=O) groups excluding carboxylic acids is 2. The molecule has 2 heterocycles. The first-order valence-corrected chi connectivity index (χ1v) is 11.1. The van der Waals surface area contributed by atoms with Crippen LogP contribution in [-0.4, -0.2) is 60.1 Å². The zero-order chi connectivity index (χ0) is 24.1. The summed E-state index contributed by atoms with van der Waals surface area (Å²) in [5.41, 5.74) is -0.118. The highest BCUT2D eigenvalue weighted by Crippen LogP contribution is 2.22. The second-order valence-electron chi connectivity index (χ2n) is 7.75. The maximum atomic E-state index is 12.9. The van der Waals surface area contributed by atoms with Crippen LogP contribution in [0.4, 0.5) is 0 Å². The van der Waals surface area contributed by atoms with Gasteiger partial charge in [0.15, 0.2) is 0 Å². The Bertz CT molecular complexity index is 1290. The molecule has 11 heteroatoms. The van der Waals surface area contributed by atoms with Crippen molar-refractivity contribution in [3.63, 3.8) is 0 Å². The normalized spacial score (nSPS) is 11.1. The van der Waals surface area contributed by atoms with Gasteiger partial charge in [-0.1, -0.05) is 12.1 Å². The van der Waals surface area contributed by atoms with Crippen molar-refractivity contribution in [2.75, 3.05) is 34.3 Å². The molecule has 0 fully saturated rings. The number of thiophene rings is 1. The van der Waals surface area contributed by atoms with Crippen LogP contribution < -0.4 is 26.6 Å². The molecule has 0 bridgehead atoms. The molecule has 0 aliphatic carbocycles. The number of fused-ring (bicyclic) bond motifs is 1. The van der Waals surface area contributed by atoms with E-state index in [0.29, 0.717) is 22.0 Å². The molecule has 0 radical (unpaired) electrons. The third kappa shape index (κ3) is 5.68. The van der Waals surface area contributed by atoms with Crippen molar-refractivity contribution in [2.45, 2.75) is 13.1 Å². The van der Waals surface area contributed by atoms with Crippen LogP contribution in [0.5, 0.6) is 5.75 Å². The summed E-state index contributed by atoms with van der Waals surface area (Å²) < 4.78 is 7.61. The molecule has 0 aliphatic rings. The number of nitrogens with zero attached hydrogens (tertiary/aromatic N) is 3. The molecule has 0 saturated carbocycles. The van der Waals surface area contributed by atoms with E-state index in [0.717, 1.165) is 21.5 Å². The summed E-state index contributed by atoms with van der Waals surface area (Å²) in [4.78, 5) is 52.6. The van der Waals surface area contributed by atoms with E-state index in [1.165, 1.54) is 10.6 Å². The first-order chi connectivity index (χ1) is 15.7. The van der Waals surface area contributed by atoms with Crippen LogP contribution in [0, 0.1) is 0 Å². The summed E-state index contributed by atoms with van der Waals surface area (Å²) in [7, 11) is 6.67. The van der Waals surface area contributed by atoms with Crippen molar-refractivity contribution in [3.05, 3.63) is 61.6 Å². The van der Waals surface area contributed by atoms with Crippen LogP contribution >= 0.6 is 11.3 Å². The number of rotatable bonds is 9. The van der Waals surface area contributed by atoms with Gasteiger partial charge in [0.1, 0.15) is 10.6 Å². The van der Waals surface area contributed by atoms with E-state index in [-0.39, 0.29) is 36.8 Å². The molecule has 2 aromatic heterocycles. The number of hydrogen-bond acceptors (Lipinski definition) is 7. The zero-order valence-electron chi connectivity index (χ0n) is 19.0. The van der Waals surface area contributed by atoms with Crippen LogP contribution in [0.3, 0.4) is 0 Å². The minimum atomic E-state index is -0.500. The van der Waals surface area contributed by atoms with Gasteiger partial charge in [-0.15, -0.1) is 11.3 Å². The van der Waals surface area contributed by atoms with Crippen LogP contribution in [-0.2, 0) is 24.9 Å². The van der Waals surface area contributed by atoms with E-state index >= 15 is 0 Å². The number of benzene rings is 1. The Morgan fingerprint density at radius 2 is 1.91 bits per heavy atom. The van der Waals surface area contributed by atoms with Crippen molar-refractivity contribution < 1.29 is 14.3 Å². The minimum absolute atomic E-state index is 0.0355.